The molecule has 3 aromatic rings. The molecular weight excluding hydrogens is 328 g/mol. The highest BCUT2D eigenvalue weighted by Gasteiger charge is 2.09. The van der Waals surface area contributed by atoms with Gasteiger partial charge in [0.05, 0.1) is 18.4 Å². The summed E-state index contributed by atoms with van der Waals surface area (Å²) >= 11 is 0. The number of carbonyl (C=O) groups excluding carboxylic acids is 1. The number of furan rings is 1. The molecule has 3 rings (SSSR count). The summed E-state index contributed by atoms with van der Waals surface area (Å²) in [5.74, 6) is 1.54. The Morgan fingerprint density at radius 3 is 2.77 bits per heavy atom. The van der Waals surface area contributed by atoms with E-state index in [-0.39, 0.29) is 5.91 Å². The Hall–Kier alpha value is -3.15. The van der Waals surface area contributed by atoms with E-state index in [1.807, 2.05) is 48.3 Å². The molecule has 0 spiro atoms. The number of aromatic nitrogens is 2. The summed E-state index contributed by atoms with van der Waals surface area (Å²) in [6, 6.07) is 13.3. The number of hydrogen-bond acceptors (Lipinski definition) is 5. The quantitative estimate of drug-likeness (QED) is 0.632. The predicted molar refractivity (Wildman–Crippen MR) is 99.9 cm³/mol. The Labute approximate surface area is 152 Å². The van der Waals surface area contributed by atoms with Crippen LogP contribution in [0.5, 0.6) is 0 Å². The Bertz CT molecular complexity index is 802. The predicted octanol–water partition coefficient (Wildman–Crippen LogP) is 3.07. The Morgan fingerprint density at radius 1 is 1.15 bits per heavy atom. The minimum atomic E-state index is -0.112. The van der Waals surface area contributed by atoms with Gasteiger partial charge in [-0.3, -0.25) is 9.78 Å². The van der Waals surface area contributed by atoms with E-state index in [0.717, 1.165) is 30.1 Å². The van der Waals surface area contributed by atoms with Crippen molar-refractivity contribution in [2.75, 3.05) is 18.5 Å². The van der Waals surface area contributed by atoms with Crippen molar-refractivity contribution in [2.24, 2.45) is 0 Å². The minimum absolute atomic E-state index is 0.112. The molecule has 3 heterocycles. The lowest BCUT2D eigenvalue weighted by atomic mass is 10.2. The molecule has 0 saturated heterocycles. The summed E-state index contributed by atoms with van der Waals surface area (Å²) in [5.41, 5.74) is 1.59. The van der Waals surface area contributed by atoms with E-state index in [1.54, 1.807) is 24.7 Å². The molecule has 0 aromatic carbocycles. The molecule has 0 aliphatic carbocycles. The SMILES string of the molecule is CN(Cc1ccco1)c1ccc(C(=O)NCCCc2ccccn2)cn1. The van der Waals surface area contributed by atoms with Crippen LogP contribution >= 0.6 is 0 Å². The van der Waals surface area contributed by atoms with Gasteiger partial charge in [0.15, 0.2) is 0 Å². The van der Waals surface area contributed by atoms with Gasteiger partial charge in [0, 0.05) is 31.7 Å². The van der Waals surface area contributed by atoms with Gasteiger partial charge in [-0.2, -0.15) is 0 Å². The molecule has 6 nitrogen and oxygen atoms in total. The molecule has 0 radical (unpaired) electrons. The molecule has 0 bridgehead atoms. The van der Waals surface area contributed by atoms with Gasteiger partial charge < -0.3 is 14.6 Å². The highest BCUT2D eigenvalue weighted by molar-refractivity contribution is 5.94. The van der Waals surface area contributed by atoms with Crippen molar-refractivity contribution < 1.29 is 9.21 Å². The fourth-order valence-electron chi connectivity index (χ4n) is 2.58. The summed E-state index contributed by atoms with van der Waals surface area (Å²) in [4.78, 5) is 22.8. The zero-order chi connectivity index (χ0) is 18.2. The fraction of sp³-hybridized carbons (Fsp3) is 0.250. The highest BCUT2D eigenvalue weighted by Crippen LogP contribution is 2.13. The molecule has 0 unspecified atom stereocenters. The van der Waals surface area contributed by atoms with Crippen LogP contribution in [0.25, 0.3) is 0 Å². The van der Waals surface area contributed by atoms with E-state index >= 15 is 0 Å². The van der Waals surface area contributed by atoms with Crippen molar-refractivity contribution in [3.05, 3.63) is 78.1 Å². The van der Waals surface area contributed by atoms with Gasteiger partial charge in [-0.25, -0.2) is 4.98 Å². The molecule has 26 heavy (non-hydrogen) atoms. The van der Waals surface area contributed by atoms with E-state index in [4.69, 9.17) is 4.42 Å². The first-order valence-corrected chi connectivity index (χ1v) is 8.60. The van der Waals surface area contributed by atoms with Crippen LogP contribution in [-0.4, -0.2) is 29.5 Å². The van der Waals surface area contributed by atoms with Gasteiger partial charge in [-0.05, 0) is 49.2 Å². The number of hydrogen-bond donors (Lipinski definition) is 1. The largest absolute Gasteiger partial charge is 0.467 e. The molecule has 0 aliphatic heterocycles. The number of carbonyl (C=O) groups is 1. The normalized spacial score (nSPS) is 10.5. The topological polar surface area (TPSA) is 71.3 Å². The summed E-state index contributed by atoms with van der Waals surface area (Å²) in [5, 5.41) is 2.92. The third-order valence-electron chi connectivity index (χ3n) is 4.00. The molecule has 3 aromatic heterocycles. The third kappa shape index (κ3) is 4.92. The average Bonchev–Trinajstić information content (AvgIpc) is 3.19. The van der Waals surface area contributed by atoms with Crippen molar-refractivity contribution in [1.82, 2.24) is 15.3 Å². The molecule has 0 fully saturated rings. The van der Waals surface area contributed by atoms with E-state index in [1.165, 1.54) is 0 Å². The molecular formula is C20H22N4O2. The zero-order valence-corrected chi connectivity index (χ0v) is 14.8. The minimum Gasteiger partial charge on any atom is -0.467 e. The van der Waals surface area contributed by atoms with Gasteiger partial charge >= 0.3 is 0 Å². The van der Waals surface area contributed by atoms with Crippen molar-refractivity contribution in [1.29, 1.82) is 0 Å². The summed E-state index contributed by atoms with van der Waals surface area (Å²) in [7, 11) is 1.93. The van der Waals surface area contributed by atoms with E-state index in [9.17, 15) is 4.79 Å². The summed E-state index contributed by atoms with van der Waals surface area (Å²) < 4.78 is 5.34. The number of anilines is 1. The van der Waals surface area contributed by atoms with Crippen LogP contribution in [0.2, 0.25) is 0 Å². The second-order valence-electron chi connectivity index (χ2n) is 6.02. The lowest BCUT2D eigenvalue weighted by Gasteiger charge is -2.16. The molecule has 0 aliphatic rings. The monoisotopic (exact) mass is 350 g/mol. The molecule has 0 saturated carbocycles. The van der Waals surface area contributed by atoms with E-state index in [0.29, 0.717) is 18.7 Å². The van der Waals surface area contributed by atoms with Gasteiger partial charge in [-0.1, -0.05) is 6.07 Å². The fourth-order valence-corrected chi connectivity index (χ4v) is 2.58. The van der Waals surface area contributed by atoms with Crippen molar-refractivity contribution in [2.45, 2.75) is 19.4 Å². The van der Waals surface area contributed by atoms with Crippen LogP contribution in [0.1, 0.15) is 28.2 Å². The van der Waals surface area contributed by atoms with Crippen molar-refractivity contribution >= 4 is 11.7 Å². The van der Waals surface area contributed by atoms with Crippen LogP contribution in [0, 0.1) is 0 Å². The van der Waals surface area contributed by atoms with Crippen LogP contribution in [0.15, 0.2) is 65.5 Å². The lowest BCUT2D eigenvalue weighted by molar-refractivity contribution is 0.0953. The number of rotatable bonds is 8. The van der Waals surface area contributed by atoms with Gasteiger partial charge in [0.2, 0.25) is 0 Å². The lowest BCUT2D eigenvalue weighted by Crippen LogP contribution is -2.25. The second-order valence-corrected chi connectivity index (χ2v) is 6.02. The third-order valence-corrected chi connectivity index (χ3v) is 4.00. The van der Waals surface area contributed by atoms with E-state index in [2.05, 4.69) is 15.3 Å². The number of nitrogens with one attached hydrogen (secondary N) is 1. The maximum absolute atomic E-state index is 12.2. The average molecular weight is 350 g/mol. The molecule has 134 valence electrons. The number of pyridine rings is 2. The van der Waals surface area contributed by atoms with Crippen LogP contribution < -0.4 is 10.2 Å². The maximum Gasteiger partial charge on any atom is 0.252 e. The molecule has 0 atom stereocenters. The van der Waals surface area contributed by atoms with Crippen LogP contribution in [0.3, 0.4) is 0 Å². The van der Waals surface area contributed by atoms with E-state index < -0.39 is 0 Å². The highest BCUT2D eigenvalue weighted by atomic mass is 16.3. The van der Waals surface area contributed by atoms with Crippen LogP contribution in [0.4, 0.5) is 5.82 Å². The summed E-state index contributed by atoms with van der Waals surface area (Å²) in [6.45, 7) is 1.23. The van der Waals surface area contributed by atoms with Crippen molar-refractivity contribution in [3.63, 3.8) is 0 Å². The number of nitrogens with zero attached hydrogens (tertiary/aromatic N) is 3. The number of aryl methyl sites for hydroxylation is 1. The first-order chi connectivity index (χ1) is 12.7. The number of amides is 1. The molecule has 6 heteroatoms. The Balaban J connectivity index is 1.46. The summed E-state index contributed by atoms with van der Waals surface area (Å²) in [6.07, 6.45) is 6.72. The second kappa shape index (κ2) is 8.80. The molecule has 1 amide bonds. The standard InChI is InChI=1S/C20H22N4O2/c1-24(15-18-8-5-13-26-18)19-10-9-16(14-23-19)20(25)22-12-4-7-17-6-2-3-11-21-17/h2-3,5-6,8-11,13-14H,4,7,12,15H2,1H3,(H,22,25). The first kappa shape index (κ1) is 17.7. The van der Waals surface area contributed by atoms with Crippen LogP contribution in [-0.2, 0) is 13.0 Å². The first-order valence-electron chi connectivity index (χ1n) is 8.60. The maximum atomic E-state index is 12.2. The smallest absolute Gasteiger partial charge is 0.252 e. The van der Waals surface area contributed by atoms with Gasteiger partial charge in [0.1, 0.15) is 11.6 Å². The van der Waals surface area contributed by atoms with Gasteiger partial charge in [0.25, 0.3) is 5.91 Å². The van der Waals surface area contributed by atoms with Crippen molar-refractivity contribution in [3.8, 4) is 0 Å². The Kier molecular flexibility index (Phi) is 5.98. The Morgan fingerprint density at radius 2 is 2.08 bits per heavy atom. The van der Waals surface area contributed by atoms with Gasteiger partial charge in [-0.15, -0.1) is 0 Å². The molecule has 1 N–H and O–H groups in total. The zero-order valence-electron chi connectivity index (χ0n) is 14.8.